The second kappa shape index (κ2) is 11.6. The van der Waals surface area contributed by atoms with Crippen LogP contribution >= 0.6 is 0 Å². The summed E-state index contributed by atoms with van der Waals surface area (Å²) in [5.41, 5.74) is 3.83. The van der Waals surface area contributed by atoms with Gasteiger partial charge in [0.05, 0.1) is 12.8 Å². The molecule has 1 aromatic heterocycles. The summed E-state index contributed by atoms with van der Waals surface area (Å²) in [5, 5.41) is 33.5. The van der Waals surface area contributed by atoms with Gasteiger partial charge in [0.15, 0.2) is 24.0 Å². The van der Waals surface area contributed by atoms with Crippen molar-refractivity contribution >= 4 is 23.7 Å². The van der Waals surface area contributed by atoms with Gasteiger partial charge in [-0.3, -0.25) is 14.2 Å². The number of anilines is 1. The van der Waals surface area contributed by atoms with Gasteiger partial charge in [0, 0.05) is 13.5 Å². The number of carbonyl (C=O) groups is 3. The third-order valence-corrected chi connectivity index (χ3v) is 4.76. The van der Waals surface area contributed by atoms with Gasteiger partial charge in [-0.05, 0) is 19.3 Å². The molecule has 1 aliphatic heterocycles. The van der Waals surface area contributed by atoms with E-state index in [0.29, 0.717) is 30.2 Å². The Labute approximate surface area is 186 Å². The summed E-state index contributed by atoms with van der Waals surface area (Å²) >= 11 is 0. The smallest absolute Gasteiger partial charge is 0.405 e. The zero-order valence-electron chi connectivity index (χ0n) is 17.6. The maximum absolute atomic E-state index is 14.5. The normalized spacial score (nSPS) is 23.1. The lowest BCUT2D eigenvalue weighted by atomic mass is 10.1. The molecule has 2 rings (SSSR count). The Bertz CT molecular complexity index is 927. The standard InChI is InChI=1S/C18H26FN5O9/c1-8(26)21-5-3-2-4-10(33-17(20)30)15(29)22-14-9(19)6-24(18(31)23-14)16-13(28)12(27)11(7-25)32-16/h6,10-13,16,25,27-28H,2-5,7H2,1H3,(H2,20,30)(H,21,26)(H,22,23,29,31)/t10?,11-,12-,13-,16-/m1/s1. The van der Waals surface area contributed by atoms with E-state index in [9.17, 15) is 33.8 Å². The SMILES string of the molecule is CC(=O)NCCCCC(OC(N)=O)C(=O)Nc1nc(=O)n([C@@H]2O[C@H](CO)[C@@H](O)[C@H]2O)cc1F. The zero-order valence-corrected chi connectivity index (χ0v) is 17.6. The van der Waals surface area contributed by atoms with Crippen LogP contribution in [0.25, 0.3) is 0 Å². The lowest BCUT2D eigenvalue weighted by Gasteiger charge is -2.19. The molecule has 1 saturated heterocycles. The molecule has 1 aromatic rings. The van der Waals surface area contributed by atoms with Crippen LogP contribution in [0.5, 0.6) is 0 Å². The molecule has 5 atom stereocenters. The van der Waals surface area contributed by atoms with Crippen LogP contribution in [0.1, 0.15) is 32.4 Å². The van der Waals surface area contributed by atoms with Crippen molar-refractivity contribution in [2.75, 3.05) is 18.5 Å². The minimum Gasteiger partial charge on any atom is -0.436 e. The molecule has 0 spiro atoms. The number of hydrogen-bond donors (Lipinski definition) is 6. The van der Waals surface area contributed by atoms with Gasteiger partial charge in [-0.15, -0.1) is 0 Å². The summed E-state index contributed by atoms with van der Waals surface area (Å²) in [7, 11) is 0. The van der Waals surface area contributed by atoms with Crippen LogP contribution < -0.4 is 22.1 Å². The van der Waals surface area contributed by atoms with E-state index in [4.69, 9.17) is 20.3 Å². The molecule has 1 unspecified atom stereocenters. The number of amides is 3. The molecule has 33 heavy (non-hydrogen) atoms. The summed E-state index contributed by atoms with van der Waals surface area (Å²) < 4.78 is 25.0. The van der Waals surface area contributed by atoms with E-state index in [-0.39, 0.29) is 12.3 Å². The maximum atomic E-state index is 14.5. The Kier molecular flexibility index (Phi) is 9.22. The average molecular weight is 475 g/mol. The molecule has 184 valence electrons. The van der Waals surface area contributed by atoms with Crippen LogP contribution in [0.15, 0.2) is 11.0 Å². The molecule has 0 bridgehead atoms. The first kappa shape index (κ1) is 26.1. The number of halogens is 1. The monoisotopic (exact) mass is 475 g/mol. The largest absolute Gasteiger partial charge is 0.436 e. The van der Waals surface area contributed by atoms with Crippen molar-refractivity contribution in [3.05, 3.63) is 22.5 Å². The topological polar surface area (TPSA) is 215 Å². The number of unbranched alkanes of at least 4 members (excludes halogenated alkanes) is 1. The molecular weight excluding hydrogens is 449 g/mol. The van der Waals surface area contributed by atoms with Gasteiger partial charge in [0.25, 0.3) is 5.91 Å². The first-order valence-corrected chi connectivity index (χ1v) is 9.97. The van der Waals surface area contributed by atoms with E-state index < -0.39 is 66.6 Å². The molecule has 1 aliphatic rings. The van der Waals surface area contributed by atoms with E-state index >= 15 is 0 Å². The van der Waals surface area contributed by atoms with Gasteiger partial charge < -0.3 is 41.2 Å². The Balaban J connectivity index is 2.10. The number of aliphatic hydroxyl groups excluding tert-OH is 3. The van der Waals surface area contributed by atoms with E-state index in [0.717, 1.165) is 0 Å². The highest BCUT2D eigenvalue weighted by molar-refractivity contribution is 5.94. The molecular formula is C18H26FN5O9. The van der Waals surface area contributed by atoms with Crippen LogP contribution in [-0.2, 0) is 19.1 Å². The van der Waals surface area contributed by atoms with Crippen molar-refractivity contribution in [1.29, 1.82) is 0 Å². The van der Waals surface area contributed by atoms with E-state index in [1.165, 1.54) is 6.92 Å². The minimum atomic E-state index is -1.65. The fraction of sp³-hybridized carbons (Fsp3) is 0.611. The predicted octanol–water partition coefficient (Wildman–Crippen LogP) is -2.30. The van der Waals surface area contributed by atoms with E-state index in [2.05, 4.69) is 10.3 Å². The van der Waals surface area contributed by atoms with E-state index in [1.807, 2.05) is 5.32 Å². The summed E-state index contributed by atoms with van der Waals surface area (Å²) in [6.45, 7) is 1.02. The number of nitrogens with zero attached hydrogens (tertiary/aromatic N) is 2. The van der Waals surface area contributed by atoms with Gasteiger partial charge in [-0.1, -0.05) is 0 Å². The molecule has 2 heterocycles. The van der Waals surface area contributed by atoms with Gasteiger partial charge in [-0.25, -0.2) is 14.0 Å². The number of aliphatic hydroxyl groups is 3. The van der Waals surface area contributed by atoms with Gasteiger partial charge >= 0.3 is 11.8 Å². The van der Waals surface area contributed by atoms with Crippen molar-refractivity contribution in [2.45, 2.75) is 56.8 Å². The third-order valence-electron chi connectivity index (χ3n) is 4.76. The number of ether oxygens (including phenoxy) is 2. The molecule has 0 aliphatic carbocycles. The number of carbonyl (C=O) groups excluding carboxylic acids is 3. The molecule has 1 fully saturated rings. The van der Waals surface area contributed by atoms with Gasteiger partial charge in [0.1, 0.15) is 18.3 Å². The lowest BCUT2D eigenvalue weighted by molar-refractivity contribution is -0.124. The summed E-state index contributed by atoms with van der Waals surface area (Å²) in [4.78, 5) is 50.1. The average Bonchev–Trinajstić information content (AvgIpc) is 3.02. The second-order valence-corrected chi connectivity index (χ2v) is 7.25. The second-order valence-electron chi connectivity index (χ2n) is 7.25. The zero-order chi connectivity index (χ0) is 24.7. The molecule has 3 amide bonds. The maximum Gasteiger partial charge on any atom is 0.405 e. The van der Waals surface area contributed by atoms with Crippen molar-refractivity contribution in [2.24, 2.45) is 5.73 Å². The number of nitrogens with one attached hydrogen (secondary N) is 2. The van der Waals surface area contributed by atoms with Crippen LogP contribution in [-0.4, -0.2) is 80.3 Å². The predicted molar refractivity (Wildman–Crippen MR) is 107 cm³/mol. The Morgan fingerprint density at radius 1 is 1.33 bits per heavy atom. The van der Waals surface area contributed by atoms with Crippen LogP contribution in [0.2, 0.25) is 0 Å². The highest BCUT2D eigenvalue weighted by atomic mass is 19.1. The van der Waals surface area contributed by atoms with Crippen LogP contribution in [0.4, 0.5) is 15.0 Å². The van der Waals surface area contributed by atoms with Crippen LogP contribution in [0.3, 0.4) is 0 Å². The van der Waals surface area contributed by atoms with Crippen molar-refractivity contribution in [3.8, 4) is 0 Å². The molecule has 0 aromatic carbocycles. The molecule has 7 N–H and O–H groups in total. The highest BCUT2D eigenvalue weighted by Crippen LogP contribution is 2.28. The van der Waals surface area contributed by atoms with E-state index in [1.54, 1.807) is 0 Å². The lowest BCUT2D eigenvalue weighted by Crippen LogP contribution is -2.38. The number of rotatable bonds is 10. The molecule has 14 nitrogen and oxygen atoms in total. The minimum absolute atomic E-state index is 0.00438. The van der Waals surface area contributed by atoms with Crippen molar-refractivity contribution in [3.63, 3.8) is 0 Å². The van der Waals surface area contributed by atoms with Gasteiger partial charge in [0.2, 0.25) is 5.91 Å². The number of primary amides is 1. The molecule has 0 saturated carbocycles. The number of aromatic nitrogens is 2. The summed E-state index contributed by atoms with van der Waals surface area (Å²) in [6.07, 6.45) is -7.15. The fourth-order valence-corrected chi connectivity index (χ4v) is 3.13. The third kappa shape index (κ3) is 6.92. The first-order valence-electron chi connectivity index (χ1n) is 9.97. The van der Waals surface area contributed by atoms with Gasteiger partial charge in [-0.2, -0.15) is 4.98 Å². The van der Waals surface area contributed by atoms with Crippen molar-refractivity contribution < 1.29 is 43.6 Å². The quantitative estimate of drug-likeness (QED) is 0.199. The molecule has 15 heteroatoms. The van der Waals surface area contributed by atoms with Crippen LogP contribution in [0, 0.1) is 5.82 Å². The van der Waals surface area contributed by atoms with Crippen molar-refractivity contribution in [1.82, 2.24) is 14.9 Å². The fourth-order valence-electron chi connectivity index (χ4n) is 3.13. The number of nitrogens with two attached hydrogens (primary N) is 1. The Hall–Kier alpha value is -3.14. The Morgan fingerprint density at radius 2 is 2.03 bits per heavy atom. The number of hydrogen-bond acceptors (Lipinski definition) is 10. The summed E-state index contributed by atoms with van der Waals surface area (Å²) in [5.74, 6) is -3.19. The molecule has 0 radical (unpaired) electrons. The Morgan fingerprint density at radius 3 is 2.61 bits per heavy atom. The first-order chi connectivity index (χ1) is 15.5. The summed E-state index contributed by atoms with van der Waals surface area (Å²) in [6, 6.07) is 0. The highest BCUT2D eigenvalue weighted by Gasteiger charge is 2.44.